The van der Waals surface area contributed by atoms with Crippen molar-refractivity contribution in [1.82, 2.24) is 4.98 Å². The van der Waals surface area contributed by atoms with Crippen LogP contribution < -0.4 is 4.74 Å². The second-order valence-corrected chi connectivity index (χ2v) is 2.99. The Kier molecular flexibility index (Phi) is 3.28. The van der Waals surface area contributed by atoms with Crippen LogP contribution in [-0.2, 0) is 5.88 Å². The second kappa shape index (κ2) is 4.14. The van der Waals surface area contributed by atoms with Crippen molar-refractivity contribution in [2.24, 2.45) is 0 Å². The Labute approximate surface area is 88.5 Å². The first-order valence-corrected chi connectivity index (χ1v) is 4.37. The van der Waals surface area contributed by atoms with Crippen LogP contribution in [0, 0.1) is 6.92 Å². The van der Waals surface area contributed by atoms with E-state index in [0.29, 0.717) is 0 Å². The summed E-state index contributed by atoms with van der Waals surface area (Å²) >= 11 is 5.40. The van der Waals surface area contributed by atoms with Gasteiger partial charge in [-0.1, -0.05) is 0 Å². The molecule has 1 rings (SSSR count). The summed E-state index contributed by atoms with van der Waals surface area (Å²) in [6.45, 7) is 1.33. The monoisotopic (exact) mass is 241 g/mol. The lowest BCUT2D eigenvalue weighted by Gasteiger charge is -2.14. The van der Waals surface area contributed by atoms with Gasteiger partial charge in [0.05, 0.1) is 23.3 Å². The van der Waals surface area contributed by atoms with Crippen molar-refractivity contribution in [3.05, 3.63) is 17.5 Å². The van der Waals surface area contributed by atoms with Gasteiger partial charge in [-0.05, 0) is 6.92 Å². The molecule has 84 valence electrons. The number of aromatic nitrogens is 1. The van der Waals surface area contributed by atoms with E-state index >= 15 is 0 Å². The Morgan fingerprint density at radius 2 is 2.13 bits per heavy atom. The van der Waals surface area contributed by atoms with Crippen LogP contribution in [0.2, 0.25) is 0 Å². The maximum absolute atomic E-state index is 12.0. The molecule has 0 aliphatic rings. The van der Waals surface area contributed by atoms with Crippen LogP contribution in [0.4, 0.5) is 13.2 Å². The Bertz CT molecular complexity index is 368. The first kappa shape index (κ1) is 11.9. The number of alkyl halides is 4. The van der Waals surface area contributed by atoms with Gasteiger partial charge in [0.2, 0.25) is 0 Å². The summed E-state index contributed by atoms with van der Waals surface area (Å²) in [6, 6.07) is 0. The van der Waals surface area contributed by atoms with Gasteiger partial charge >= 0.3 is 6.36 Å². The normalized spacial score (nSPS) is 11.5. The standard InChI is InChI=1S/C8H7ClF3NO2/c1-4-7(15-8(10,11)12)5(2-9)6(14)3-13-4/h3,14H,2H2,1H3. The minimum absolute atomic E-state index is 0.0146. The fourth-order valence-corrected chi connectivity index (χ4v) is 1.27. The molecule has 0 spiro atoms. The summed E-state index contributed by atoms with van der Waals surface area (Å²) in [5.41, 5.74) is -0.109. The minimum atomic E-state index is -4.83. The summed E-state index contributed by atoms with van der Waals surface area (Å²) < 4.78 is 39.7. The lowest BCUT2D eigenvalue weighted by atomic mass is 10.2. The van der Waals surface area contributed by atoms with Crippen LogP contribution in [0.25, 0.3) is 0 Å². The number of aromatic hydroxyl groups is 1. The topological polar surface area (TPSA) is 42.4 Å². The molecule has 0 amide bonds. The van der Waals surface area contributed by atoms with Crippen LogP contribution in [0.15, 0.2) is 6.20 Å². The highest BCUT2D eigenvalue weighted by atomic mass is 35.5. The molecule has 1 aromatic heterocycles. The van der Waals surface area contributed by atoms with Gasteiger partial charge in [-0.25, -0.2) is 0 Å². The van der Waals surface area contributed by atoms with Gasteiger partial charge in [-0.3, -0.25) is 4.98 Å². The number of aryl methyl sites for hydroxylation is 1. The van der Waals surface area contributed by atoms with Gasteiger partial charge in [-0.2, -0.15) is 0 Å². The highest BCUT2D eigenvalue weighted by Gasteiger charge is 2.33. The molecule has 0 fully saturated rings. The Hall–Kier alpha value is -1.17. The van der Waals surface area contributed by atoms with Crippen LogP contribution in [0.1, 0.15) is 11.3 Å². The van der Waals surface area contributed by atoms with Gasteiger partial charge in [0.15, 0.2) is 5.75 Å². The van der Waals surface area contributed by atoms with E-state index in [1.54, 1.807) is 0 Å². The average Bonchev–Trinajstić information content (AvgIpc) is 2.10. The number of hydrogen-bond acceptors (Lipinski definition) is 3. The van der Waals surface area contributed by atoms with Crippen LogP contribution in [-0.4, -0.2) is 16.5 Å². The van der Waals surface area contributed by atoms with Gasteiger partial charge in [0, 0.05) is 0 Å². The quantitative estimate of drug-likeness (QED) is 0.810. The first-order valence-electron chi connectivity index (χ1n) is 3.84. The fourth-order valence-electron chi connectivity index (χ4n) is 1.01. The number of rotatable bonds is 2. The first-order chi connectivity index (χ1) is 6.85. The lowest BCUT2D eigenvalue weighted by molar-refractivity contribution is -0.275. The van der Waals surface area contributed by atoms with E-state index in [1.165, 1.54) is 6.92 Å². The maximum atomic E-state index is 12.0. The summed E-state index contributed by atoms with van der Waals surface area (Å²) in [7, 11) is 0. The predicted molar refractivity (Wildman–Crippen MR) is 46.9 cm³/mol. The predicted octanol–water partition coefficient (Wildman–Crippen LogP) is 2.73. The minimum Gasteiger partial charge on any atom is -0.506 e. The van der Waals surface area contributed by atoms with E-state index in [9.17, 15) is 18.3 Å². The lowest BCUT2D eigenvalue weighted by Crippen LogP contribution is -2.19. The maximum Gasteiger partial charge on any atom is 0.573 e. The third-order valence-corrected chi connectivity index (χ3v) is 1.91. The largest absolute Gasteiger partial charge is 0.573 e. The zero-order valence-electron chi connectivity index (χ0n) is 7.60. The van der Waals surface area contributed by atoms with Crippen LogP contribution >= 0.6 is 11.6 Å². The zero-order chi connectivity index (χ0) is 11.6. The van der Waals surface area contributed by atoms with Crippen molar-refractivity contribution < 1.29 is 23.0 Å². The Balaban J connectivity index is 3.20. The fraction of sp³-hybridized carbons (Fsp3) is 0.375. The van der Waals surface area contributed by atoms with Crippen molar-refractivity contribution >= 4 is 11.6 Å². The molecule has 0 atom stereocenters. The molecular weight excluding hydrogens is 235 g/mol. The van der Waals surface area contributed by atoms with Crippen molar-refractivity contribution in [1.29, 1.82) is 0 Å². The average molecular weight is 242 g/mol. The SMILES string of the molecule is Cc1ncc(O)c(CCl)c1OC(F)(F)F. The molecule has 0 radical (unpaired) electrons. The number of ether oxygens (including phenoxy) is 1. The molecule has 1 N–H and O–H groups in total. The van der Waals surface area contributed by atoms with Crippen molar-refractivity contribution in [3.63, 3.8) is 0 Å². The summed E-state index contributed by atoms with van der Waals surface area (Å²) in [5, 5.41) is 9.22. The third kappa shape index (κ3) is 2.89. The highest BCUT2D eigenvalue weighted by Crippen LogP contribution is 2.34. The van der Waals surface area contributed by atoms with E-state index in [0.717, 1.165) is 6.20 Å². The van der Waals surface area contributed by atoms with E-state index in [4.69, 9.17) is 11.6 Å². The molecule has 0 aliphatic heterocycles. The molecule has 0 aromatic carbocycles. The van der Waals surface area contributed by atoms with Crippen LogP contribution in [0.5, 0.6) is 11.5 Å². The van der Waals surface area contributed by atoms with Crippen molar-refractivity contribution in [2.45, 2.75) is 19.2 Å². The Morgan fingerprint density at radius 3 is 2.60 bits per heavy atom. The molecular formula is C8H7ClF3NO2. The molecule has 0 unspecified atom stereocenters. The number of nitrogens with zero attached hydrogens (tertiary/aromatic N) is 1. The summed E-state index contributed by atoms with van der Waals surface area (Å²) in [5.74, 6) is -1.26. The van der Waals surface area contributed by atoms with E-state index in [2.05, 4.69) is 9.72 Å². The molecule has 0 saturated heterocycles. The van der Waals surface area contributed by atoms with E-state index in [-0.39, 0.29) is 17.1 Å². The number of pyridine rings is 1. The Morgan fingerprint density at radius 1 is 1.53 bits per heavy atom. The second-order valence-electron chi connectivity index (χ2n) is 2.72. The molecule has 1 heterocycles. The van der Waals surface area contributed by atoms with Crippen LogP contribution in [0.3, 0.4) is 0 Å². The molecule has 0 saturated carbocycles. The number of hydrogen-bond donors (Lipinski definition) is 1. The molecule has 1 aromatic rings. The summed E-state index contributed by atoms with van der Waals surface area (Å²) in [6.07, 6.45) is -3.81. The van der Waals surface area contributed by atoms with Gasteiger partial charge in [0.25, 0.3) is 0 Å². The van der Waals surface area contributed by atoms with Gasteiger partial charge in [-0.15, -0.1) is 24.8 Å². The smallest absolute Gasteiger partial charge is 0.506 e. The summed E-state index contributed by atoms with van der Waals surface area (Å²) in [4.78, 5) is 3.54. The zero-order valence-corrected chi connectivity index (χ0v) is 8.35. The van der Waals surface area contributed by atoms with E-state index in [1.807, 2.05) is 0 Å². The molecule has 15 heavy (non-hydrogen) atoms. The molecule has 0 bridgehead atoms. The van der Waals surface area contributed by atoms with E-state index < -0.39 is 17.9 Å². The number of halogens is 4. The van der Waals surface area contributed by atoms with Gasteiger partial charge in [0.1, 0.15) is 5.75 Å². The van der Waals surface area contributed by atoms with Crippen molar-refractivity contribution in [2.75, 3.05) is 0 Å². The van der Waals surface area contributed by atoms with Gasteiger partial charge < -0.3 is 9.84 Å². The molecule has 7 heteroatoms. The highest BCUT2D eigenvalue weighted by molar-refractivity contribution is 6.17. The third-order valence-electron chi connectivity index (χ3n) is 1.64. The van der Waals surface area contributed by atoms with Crippen molar-refractivity contribution in [3.8, 4) is 11.5 Å². The molecule has 3 nitrogen and oxygen atoms in total. The molecule has 0 aliphatic carbocycles.